The van der Waals surface area contributed by atoms with E-state index in [0.717, 1.165) is 39.3 Å². The largest absolute Gasteiger partial charge is 3.00 e. The van der Waals surface area contributed by atoms with Crippen LogP contribution in [0.4, 0.5) is 0 Å². The van der Waals surface area contributed by atoms with Crippen LogP contribution in [0.15, 0.2) is 0 Å². The van der Waals surface area contributed by atoms with E-state index in [1.165, 1.54) is 0 Å². The van der Waals surface area contributed by atoms with Crippen LogP contribution in [0.1, 0.15) is 41.5 Å². The first-order valence-corrected chi connectivity index (χ1v) is 6.14. The van der Waals surface area contributed by atoms with E-state index in [0.29, 0.717) is 0 Å². The molecule has 16 heavy (non-hydrogen) atoms. The number of rotatable bonds is 6. The van der Waals surface area contributed by atoms with E-state index in [2.05, 4.69) is 16.0 Å². The van der Waals surface area contributed by atoms with Gasteiger partial charge in [-0.15, -0.1) is 0 Å². The van der Waals surface area contributed by atoms with Crippen molar-refractivity contribution in [2.75, 3.05) is 39.3 Å². The van der Waals surface area contributed by atoms with Gasteiger partial charge in [-0.3, -0.25) is 0 Å². The molecule has 0 atom stereocenters. The fourth-order valence-corrected chi connectivity index (χ4v) is 0.671. The Morgan fingerprint density at radius 2 is 0.562 bits per heavy atom. The van der Waals surface area contributed by atoms with Crippen LogP contribution in [0, 0.1) is 0 Å². The second-order valence-electron chi connectivity index (χ2n) is 2.57. The Morgan fingerprint density at radius 3 is 0.562 bits per heavy atom. The highest BCUT2D eigenvalue weighted by Gasteiger charge is 3.00. The third kappa shape index (κ3) is 68.9. The normalized spacial score (nSPS) is 7.88. The van der Waals surface area contributed by atoms with Crippen LogP contribution in [-0.2, 0) is 0 Å². The number of hydrogen-bond donors (Lipinski definition) is 0. The molecule has 0 spiro atoms. The van der Waals surface area contributed by atoms with Gasteiger partial charge in [-0.2, -0.15) is 39.3 Å². The van der Waals surface area contributed by atoms with E-state index in [4.69, 9.17) is 0 Å². The fraction of sp³-hybridized carbons (Fsp3) is 1.00. The average molecular weight is 230 g/mol. The summed E-state index contributed by atoms with van der Waals surface area (Å²) in [5, 5.41) is 11.9. The van der Waals surface area contributed by atoms with E-state index in [1.54, 1.807) is 0 Å². The molecule has 0 saturated heterocycles. The van der Waals surface area contributed by atoms with Crippen LogP contribution in [0.3, 0.4) is 0 Å². The van der Waals surface area contributed by atoms with Gasteiger partial charge in [0.2, 0.25) is 0 Å². The molecular weight excluding hydrogens is 200 g/mol. The zero-order chi connectivity index (χ0) is 12.4. The van der Waals surface area contributed by atoms with Crippen LogP contribution in [0.25, 0.3) is 16.0 Å². The predicted molar refractivity (Wildman–Crippen MR) is 75.5 cm³/mol. The molecule has 0 aromatic heterocycles. The molecule has 0 rings (SSSR count). The van der Waals surface area contributed by atoms with Gasteiger partial charge in [0.1, 0.15) is 0 Å². The van der Waals surface area contributed by atoms with Crippen LogP contribution in [0.5, 0.6) is 0 Å². The standard InChI is InChI=1S/3C4H10N.N/c3*1-3-5-4-2;/h3*3-4H2,1-2H3;/q3*-1;+3. The van der Waals surface area contributed by atoms with Crippen LogP contribution in [0.2, 0.25) is 0 Å². The molecule has 0 bridgehead atoms. The molecule has 4 nitrogen and oxygen atoms in total. The van der Waals surface area contributed by atoms with E-state index < -0.39 is 0 Å². The molecule has 0 N–H and O–H groups in total. The highest BCUT2D eigenvalue weighted by atomic mass is 14.8. The van der Waals surface area contributed by atoms with E-state index in [-0.39, 0.29) is 6.15 Å². The molecular formula is C12H30N4. The first-order valence-electron chi connectivity index (χ1n) is 6.14. The Kier molecular flexibility index (Phi) is 56.4. The van der Waals surface area contributed by atoms with Gasteiger partial charge in [0, 0.05) is 0 Å². The first-order chi connectivity index (χ1) is 7.24. The summed E-state index contributed by atoms with van der Waals surface area (Å²) in [5.74, 6) is 0. The molecule has 0 aliphatic rings. The monoisotopic (exact) mass is 230 g/mol. The van der Waals surface area contributed by atoms with E-state index >= 15 is 0 Å². The minimum Gasteiger partial charge on any atom is -0.663 e. The van der Waals surface area contributed by atoms with Crippen molar-refractivity contribution in [3.63, 3.8) is 0 Å². The lowest BCUT2D eigenvalue weighted by atomic mass is 10.7. The zero-order valence-corrected chi connectivity index (χ0v) is 12.0. The van der Waals surface area contributed by atoms with Crippen molar-refractivity contribution in [2.24, 2.45) is 0 Å². The van der Waals surface area contributed by atoms with Gasteiger partial charge < -0.3 is 16.0 Å². The SMILES string of the molecule is CC[N-]CC.CC[N-]CC.CC[N-]CC.[N+3]. The lowest BCUT2D eigenvalue weighted by Gasteiger charge is -2.07. The summed E-state index contributed by atoms with van der Waals surface area (Å²) in [6, 6.07) is 0. The first kappa shape index (κ1) is 24.7. The minimum atomic E-state index is 0. The second-order valence-corrected chi connectivity index (χ2v) is 2.57. The molecule has 0 aliphatic heterocycles. The highest BCUT2D eigenvalue weighted by molar-refractivity contribution is 4.71. The topological polar surface area (TPSA) is 72.8 Å². The molecule has 0 saturated carbocycles. The highest BCUT2D eigenvalue weighted by Crippen LogP contribution is 1.78. The van der Waals surface area contributed by atoms with Gasteiger partial charge in [-0.05, 0) is 0 Å². The minimum absolute atomic E-state index is 0. The molecule has 98 valence electrons. The lowest BCUT2D eigenvalue weighted by molar-refractivity contribution is 1.13. The van der Waals surface area contributed by atoms with Gasteiger partial charge in [0.05, 0.1) is 0 Å². The molecule has 0 fully saturated rings. The van der Waals surface area contributed by atoms with Gasteiger partial charge >= 0.3 is 6.15 Å². The van der Waals surface area contributed by atoms with Gasteiger partial charge in [-0.25, -0.2) is 0 Å². The summed E-state index contributed by atoms with van der Waals surface area (Å²) in [6.07, 6.45) is 0. The molecule has 0 aromatic rings. The van der Waals surface area contributed by atoms with Crippen LogP contribution >= 0.6 is 0 Å². The van der Waals surface area contributed by atoms with Gasteiger partial charge in [0.25, 0.3) is 0 Å². The third-order valence-corrected chi connectivity index (χ3v) is 1.34. The number of nitrogens with zero attached hydrogens (tertiary/aromatic N) is 4. The van der Waals surface area contributed by atoms with Crippen molar-refractivity contribution in [2.45, 2.75) is 41.5 Å². The average Bonchev–Trinajstić information content (AvgIpc) is 2.23. The Bertz CT molecular complexity index is 49.8. The third-order valence-electron chi connectivity index (χ3n) is 1.34. The molecule has 0 aliphatic carbocycles. The Balaban J connectivity index is -0.0000000655. The maximum atomic E-state index is 3.97. The van der Waals surface area contributed by atoms with E-state index in [1.807, 2.05) is 41.5 Å². The van der Waals surface area contributed by atoms with Crippen molar-refractivity contribution >= 4 is 0 Å². The molecule has 0 unspecified atom stereocenters. The summed E-state index contributed by atoms with van der Waals surface area (Å²) in [7, 11) is 0. The quantitative estimate of drug-likeness (QED) is 0.667. The van der Waals surface area contributed by atoms with Crippen molar-refractivity contribution in [1.82, 2.24) is 6.15 Å². The van der Waals surface area contributed by atoms with Crippen molar-refractivity contribution in [1.29, 1.82) is 0 Å². The van der Waals surface area contributed by atoms with Crippen molar-refractivity contribution in [3.05, 3.63) is 16.0 Å². The number of hydrogen-bond acceptors (Lipinski definition) is 0. The zero-order valence-electron chi connectivity index (χ0n) is 12.0. The van der Waals surface area contributed by atoms with Crippen molar-refractivity contribution in [3.8, 4) is 0 Å². The molecule has 2 radical (unpaired) electrons. The fourth-order valence-electron chi connectivity index (χ4n) is 0.671. The van der Waals surface area contributed by atoms with Crippen molar-refractivity contribution < 1.29 is 0 Å². The van der Waals surface area contributed by atoms with Crippen LogP contribution in [-0.4, -0.2) is 39.3 Å². The summed E-state index contributed by atoms with van der Waals surface area (Å²) in [4.78, 5) is 0. The maximum absolute atomic E-state index is 3.97. The smallest absolute Gasteiger partial charge is 0.663 e. The predicted octanol–water partition coefficient (Wildman–Crippen LogP) is 3.72. The van der Waals surface area contributed by atoms with Gasteiger partial charge in [0.15, 0.2) is 0 Å². The molecule has 0 heterocycles. The van der Waals surface area contributed by atoms with Gasteiger partial charge in [-0.1, -0.05) is 41.5 Å². The second kappa shape index (κ2) is 36.5. The van der Waals surface area contributed by atoms with Crippen LogP contribution < -0.4 is 6.15 Å². The molecule has 0 amide bonds. The molecule has 0 aromatic carbocycles. The Hall–Kier alpha value is -0.410. The summed E-state index contributed by atoms with van der Waals surface area (Å²) in [6.45, 7) is 18.1. The summed E-state index contributed by atoms with van der Waals surface area (Å²) >= 11 is 0. The summed E-state index contributed by atoms with van der Waals surface area (Å²) in [5.41, 5.74) is 0. The molecule has 4 heteroatoms. The Labute approximate surface area is 104 Å². The Morgan fingerprint density at radius 1 is 0.438 bits per heavy atom. The van der Waals surface area contributed by atoms with E-state index in [9.17, 15) is 0 Å². The maximum Gasteiger partial charge on any atom is 3.00 e. The lowest BCUT2D eigenvalue weighted by Crippen LogP contribution is -1.73. The summed E-state index contributed by atoms with van der Waals surface area (Å²) < 4.78 is 0.